The van der Waals surface area contributed by atoms with Gasteiger partial charge in [0.2, 0.25) is 0 Å². The molecule has 0 unspecified atom stereocenters. The summed E-state index contributed by atoms with van der Waals surface area (Å²) in [6.07, 6.45) is -1.23. The maximum atomic E-state index is 11.6. The zero-order chi connectivity index (χ0) is 13.2. The lowest BCUT2D eigenvalue weighted by molar-refractivity contribution is 0.195. The molecule has 0 aliphatic rings. The van der Waals surface area contributed by atoms with Crippen LogP contribution >= 0.6 is 39.1 Å². The average Bonchev–Trinajstić information content (AvgIpc) is 2.27. The van der Waals surface area contributed by atoms with Crippen LogP contribution in [0.3, 0.4) is 0 Å². The topological polar surface area (TPSA) is 54.4 Å². The van der Waals surface area contributed by atoms with Crippen molar-refractivity contribution < 1.29 is 13.5 Å². The molecule has 3 nitrogen and oxygen atoms in total. The van der Waals surface area contributed by atoms with Gasteiger partial charge in [-0.2, -0.15) is 0 Å². The highest BCUT2D eigenvalue weighted by Gasteiger charge is 2.30. The fourth-order valence-corrected chi connectivity index (χ4v) is 3.69. The van der Waals surface area contributed by atoms with E-state index in [1.54, 1.807) is 6.07 Å². The summed E-state index contributed by atoms with van der Waals surface area (Å²) in [7, 11) is -3.40. The molecule has 0 aromatic heterocycles. The summed E-state index contributed by atoms with van der Waals surface area (Å²) in [5.74, 6) is -0.0643. The number of sulfone groups is 1. The van der Waals surface area contributed by atoms with Gasteiger partial charge in [-0.05, 0) is 12.1 Å². The van der Waals surface area contributed by atoms with Gasteiger partial charge in [0.1, 0.15) is 10.3 Å². The molecule has 1 aromatic carbocycles. The molecular weight excluding hydrogens is 351 g/mol. The number of benzene rings is 1. The van der Waals surface area contributed by atoms with Crippen LogP contribution in [0.15, 0.2) is 18.2 Å². The Morgan fingerprint density at radius 2 is 2.00 bits per heavy atom. The molecule has 0 saturated carbocycles. The van der Waals surface area contributed by atoms with Gasteiger partial charge in [-0.15, -0.1) is 0 Å². The van der Waals surface area contributed by atoms with Crippen molar-refractivity contribution in [3.05, 3.63) is 33.8 Å². The van der Waals surface area contributed by atoms with Gasteiger partial charge < -0.3 is 5.11 Å². The minimum Gasteiger partial charge on any atom is -0.386 e. The highest BCUT2D eigenvalue weighted by Crippen LogP contribution is 2.33. The van der Waals surface area contributed by atoms with E-state index in [9.17, 15) is 13.5 Å². The van der Waals surface area contributed by atoms with Gasteiger partial charge >= 0.3 is 0 Å². The second-order valence-electron chi connectivity index (χ2n) is 3.41. The predicted molar refractivity (Wildman–Crippen MR) is 73.6 cm³/mol. The van der Waals surface area contributed by atoms with E-state index in [4.69, 9.17) is 23.2 Å². The maximum Gasteiger partial charge on any atom is 0.165 e. The molecule has 0 radical (unpaired) electrons. The van der Waals surface area contributed by atoms with Crippen LogP contribution in [0.1, 0.15) is 18.6 Å². The largest absolute Gasteiger partial charge is 0.386 e. The van der Waals surface area contributed by atoms with Crippen molar-refractivity contribution in [1.82, 2.24) is 0 Å². The van der Waals surface area contributed by atoms with Crippen LogP contribution in [-0.4, -0.2) is 23.4 Å². The zero-order valence-electron chi connectivity index (χ0n) is 8.90. The lowest BCUT2D eigenvalue weighted by atomic mass is 10.1. The quantitative estimate of drug-likeness (QED) is 0.838. The van der Waals surface area contributed by atoms with Crippen molar-refractivity contribution in [2.45, 2.75) is 17.2 Å². The Morgan fingerprint density at radius 3 is 2.47 bits per heavy atom. The Morgan fingerprint density at radius 1 is 1.41 bits per heavy atom. The first-order valence-electron chi connectivity index (χ1n) is 4.78. The van der Waals surface area contributed by atoms with E-state index in [0.29, 0.717) is 10.6 Å². The first kappa shape index (κ1) is 15.2. The molecule has 0 aliphatic heterocycles. The molecule has 96 valence electrons. The van der Waals surface area contributed by atoms with Crippen molar-refractivity contribution in [1.29, 1.82) is 0 Å². The number of halogens is 3. The number of aliphatic hydroxyl groups excluding tert-OH is 1. The molecule has 17 heavy (non-hydrogen) atoms. The lowest BCUT2D eigenvalue weighted by Gasteiger charge is -2.18. The van der Waals surface area contributed by atoms with E-state index in [0.717, 1.165) is 0 Å². The molecule has 0 amide bonds. The van der Waals surface area contributed by atoms with E-state index in [2.05, 4.69) is 15.9 Å². The molecule has 1 aromatic rings. The molecular formula is C10H11BrCl2O3S. The molecule has 2 atom stereocenters. The van der Waals surface area contributed by atoms with E-state index in [1.165, 1.54) is 19.1 Å². The summed E-state index contributed by atoms with van der Waals surface area (Å²) in [5.41, 5.74) is 0.329. The Hall–Kier alpha value is 0.190. The number of hydrogen-bond donors (Lipinski definition) is 1. The first-order valence-corrected chi connectivity index (χ1v) is 8.17. The van der Waals surface area contributed by atoms with Crippen LogP contribution < -0.4 is 0 Å². The summed E-state index contributed by atoms with van der Waals surface area (Å²) >= 11 is 14.6. The normalized spacial score (nSPS) is 15.6. The second kappa shape index (κ2) is 5.89. The summed E-state index contributed by atoms with van der Waals surface area (Å²) in [6, 6.07) is 4.51. The summed E-state index contributed by atoms with van der Waals surface area (Å²) in [5, 5.41) is 10.6. The summed E-state index contributed by atoms with van der Waals surface area (Å²) < 4.78 is 22.1. The van der Waals surface area contributed by atoms with Gasteiger partial charge in [0, 0.05) is 21.4 Å². The third kappa shape index (κ3) is 3.58. The van der Waals surface area contributed by atoms with Crippen LogP contribution in [0.4, 0.5) is 0 Å². The molecule has 0 aliphatic carbocycles. The zero-order valence-corrected chi connectivity index (χ0v) is 12.8. The number of aliphatic hydroxyl groups is 1. The Labute approximate surface area is 119 Å². The molecule has 1 rings (SSSR count). The predicted octanol–water partition coefficient (Wildman–Crippen LogP) is 3.18. The van der Waals surface area contributed by atoms with Crippen LogP contribution in [0.5, 0.6) is 0 Å². The Bertz CT molecular complexity index is 504. The fourth-order valence-electron chi connectivity index (χ4n) is 1.24. The molecule has 0 spiro atoms. The molecule has 0 fully saturated rings. The maximum absolute atomic E-state index is 11.6. The Balaban J connectivity index is 3.09. The van der Waals surface area contributed by atoms with E-state index in [1.807, 2.05) is 0 Å². The van der Waals surface area contributed by atoms with E-state index in [-0.39, 0.29) is 10.8 Å². The molecule has 0 saturated heterocycles. The average molecular weight is 362 g/mol. The van der Waals surface area contributed by atoms with Crippen molar-refractivity contribution in [3.63, 3.8) is 0 Å². The lowest BCUT2D eigenvalue weighted by Crippen LogP contribution is -2.24. The highest BCUT2D eigenvalue weighted by atomic mass is 79.9. The number of rotatable bonds is 4. The smallest absolute Gasteiger partial charge is 0.165 e. The van der Waals surface area contributed by atoms with Crippen molar-refractivity contribution in [3.8, 4) is 0 Å². The van der Waals surface area contributed by atoms with Crippen LogP contribution in [0.2, 0.25) is 10.0 Å². The van der Waals surface area contributed by atoms with Crippen molar-refractivity contribution in [2.75, 3.05) is 5.75 Å². The first-order chi connectivity index (χ1) is 7.79. The monoisotopic (exact) mass is 360 g/mol. The second-order valence-corrected chi connectivity index (χ2v) is 8.26. The summed E-state index contributed by atoms with van der Waals surface area (Å²) in [6.45, 7) is 1.51. The van der Waals surface area contributed by atoms with Gasteiger partial charge in [0.15, 0.2) is 9.84 Å². The molecule has 1 N–H and O–H groups in total. The van der Waals surface area contributed by atoms with Crippen LogP contribution in [0.25, 0.3) is 0 Å². The van der Waals surface area contributed by atoms with Crippen LogP contribution in [-0.2, 0) is 9.84 Å². The van der Waals surface area contributed by atoms with Crippen LogP contribution in [0, 0.1) is 0 Å². The van der Waals surface area contributed by atoms with Gasteiger partial charge in [0.05, 0.1) is 0 Å². The number of hydrogen-bond acceptors (Lipinski definition) is 3. The van der Waals surface area contributed by atoms with E-state index >= 15 is 0 Å². The standard InChI is InChI=1S/C10H11BrCl2O3S/c1-2-17(15,16)10(11)9(14)7-4-3-6(12)5-8(7)13/h3-5,9-10,14H,2H2,1H3/t9-,10-/m1/s1. The third-order valence-corrected chi connectivity index (χ3v) is 6.80. The van der Waals surface area contributed by atoms with Gasteiger partial charge in [0.25, 0.3) is 0 Å². The molecule has 7 heteroatoms. The van der Waals surface area contributed by atoms with Gasteiger partial charge in [-0.25, -0.2) is 8.42 Å². The molecule has 0 heterocycles. The van der Waals surface area contributed by atoms with Crippen molar-refractivity contribution >= 4 is 49.0 Å². The minimum absolute atomic E-state index is 0.0643. The van der Waals surface area contributed by atoms with Gasteiger partial charge in [-0.1, -0.05) is 52.1 Å². The SMILES string of the molecule is CCS(=O)(=O)[C@@H](Br)[C@H](O)c1ccc(Cl)cc1Cl. The molecule has 0 bridgehead atoms. The van der Waals surface area contributed by atoms with Gasteiger partial charge in [-0.3, -0.25) is 0 Å². The van der Waals surface area contributed by atoms with Crippen molar-refractivity contribution in [2.24, 2.45) is 0 Å². The Kier molecular flexibility index (Phi) is 5.28. The fraction of sp³-hybridized carbons (Fsp3) is 0.400. The summed E-state index contributed by atoms with van der Waals surface area (Å²) in [4.78, 5) is 0. The van der Waals surface area contributed by atoms with E-state index < -0.39 is 20.1 Å². The highest BCUT2D eigenvalue weighted by molar-refractivity contribution is 9.11. The minimum atomic E-state index is -3.40. The third-order valence-electron chi connectivity index (χ3n) is 2.27. The number of alkyl halides is 1.